The lowest BCUT2D eigenvalue weighted by Crippen LogP contribution is -2.40. The van der Waals surface area contributed by atoms with E-state index in [-0.39, 0.29) is 11.4 Å². The van der Waals surface area contributed by atoms with Gasteiger partial charge in [-0.2, -0.15) is 5.10 Å². The number of hydrogen-bond acceptors (Lipinski definition) is 6. The summed E-state index contributed by atoms with van der Waals surface area (Å²) in [6.07, 6.45) is 8.14. The number of piperidine rings is 1. The highest BCUT2D eigenvalue weighted by molar-refractivity contribution is 9.14. The summed E-state index contributed by atoms with van der Waals surface area (Å²) in [5.74, 6) is 0. The van der Waals surface area contributed by atoms with Crippen molar-refractivity contribution in [2.24, 2.45) is 10.6 Å². The van der Waals surface area contributed by atoms with Crippen LogP contribution in [-0.4, -0.2) is 42.6 Å². The fourth-order valence-electron chi connectivity index (χ4n) is 4.53. The van der Waals surface area contributed by atoms with Gasteiger partial charge in [-0.3, -0.25) is 10.1 Å². The molecule has 8 heteroatoms. The molecule has 186 valence electrons. The van der Waals surface area contributed by atoms with E-state index >= 15 is 0 Å². The first kappa shape index (κ1) is 27.0. The van der Waals surface area contributed by atoms with E-state index in [1.165, 1.54) is 23.2 Å². The summed E-state index contributed by atoms with van der Waals surface area (Å²) in [5, 5.41) is 19.5. The molecule has 4 rings (SSSR count). The van der Waals surface area contributed by atoms with Gasteiger partial charge >= 0.3 is 0 Å². The Kier molecular flexibility index (Phi) is 8.71. The predicted molar refractivity (Wildman–Crippen MR) is 147 cm³/mol. The molecule has 0 atom stereocenters. The van der Waals surface area contributed by atoms with Gasteiger partial charge in [-0.05, 0) is 98.8 Å². The Morgan fingerprint density at radius 3 is 2.44 bits per heavy atom. The second-order valence-electron chi connectivity index (χ2n) is 10.5. The van der Waals surface area contributed by atoms with Gasteiger partial charge in [0, 0.05) is 35.3 Å². The van der Waals surface area contributed by atoms with Crippen molar-refractivity contribution in [2.45, 2.75) is 71.7 Å². The van der Waals surface area contributed by atoms with Crippen LogP contribution in [0.15, 0.2) is 36.7 Å². The standard InChI is InChI=1S/C22H27BrN4O.C4H11NS/c1-15(2)21(23)27-20(18(14-28)13-25-27)16(3)26-9-6-22(7-10-26)11-17-5-4-8-24-19(17)12-22;1-4(2,3)6-5/h4-5,8,13,28H,3,6-7,9-12,14H2,1-2H3;5H2,1-3H3. The van der Waals surface area contributed by atoms with Crippen LogP contribution in [0.3, 0.4) is 0 Å². The van der Waals surface area contributed by atoms with Gasteiger partial charge in [0.05, 0.1) is 24.2 Å². The summed E-state index contributed by atoms with van der Waals surface area (Å²) in [7, 11) is 0. The van der Waals surface area contributed by atoms with Crippen molar-refractivity contribution in [2.75, 3.05) is 13.1 Å². The summed E-state index contributed by atoms with van der Waals surface area (Å²) in [5.41, 5.74) is 6.79. The maximum atomic E-state index is 9.82. The number of nitrogens with zero attached hydrogens (tertiary/aromatic N) is 4. The lowest BCUT2D eigenvalue weighted by molar-refractivity contribution is 0.151. The smallest absolute Gasteiger partial charge is 0.107 e. The first-order valence-electron chi connectivity index (χ1n) is 11.8. The highest BCUT2D eigenvalue weighted by atomic mass is 79.9. The fourth-order valence-corrected chi connectivity index (χ4v) is 4.80. The SMILES string of the molecule is C=C(c1c(CO)cnn1C(Br)=C(C)C)N1CCC2(CC1)Cc1cccnc1C2.CC(C)(C)SN. The van der Waals surface area contributed by atoms with Gasteiger partial charge in [0.15, 0.2) is 0 Å². The summed E-state index contributed by atoms with van der Waals surface area (Å²) < 4.78 is 2.98. The highest BCUT2D eigenvalue weighted by Crippen LogP contribution is 2.45. The Bertz CT molecular complexity index is 1020. The first-order valence-corrected chi connectivity index (χ1v) is 13.4. The maximum absolute atomic E-state index is 9.82. The number of aliphatic hydroxyl groups excluding tert-OH is 1. The third kappa shape index (κ3) is 6.14. The molecule has 1 aliphatic carbocycles. The van der Waals surface area contributed by atoms with Gasteiger partial charge in [-0.15, -0.1) is 0 Å². The van der Waals surface area contributed by atoms with Crippen LogP contribution in [0.4, 0.5) is 0 Å². The Balaban J connectivity index is 0.000000481. The number of nitrogens with two attached hydrogens (primary N) is 1. The van der Waals surface area contributed by atoms with Gasteiger partial charge in [-0.25, -0.2) is 4.68 Å². The van der Waals surface area contributed by atoms with E-state index < -0.39 is 0 Å². The monoisotopic (exact) mass is 547 g/mol. The van der Waals surface area contributed by atoms with Crippen molar-refractivity contribution < 1.29 is 5.11 Å². The van der Waals surface area contributed by atoms with Gasteiger partial charge < -0.3 is 10.0 Å². The zero-order chi connectivity index (χ0) is 25.1. The average molecular weight is 549 g/mol. The number of halogens is 1. The molecule has 0 saturated carbocycles. The maximum Gasteiger partial charge on any atom is 0.107 e. The minimum Gasteiger partial charge on any atom is -0.392 e. The van der Waals surface area contributed by atoms with Gasteiger partial charge in [-0.1, -0.05) is 24.6 Å². The zero-order valence-corrected chi connectivity index (χ0v) is 23.5. The van der Waals surface area contributed by atoms with Gasteiger partial charge in [0.2, 0.25) is 0 Å². The molecule has 0 amide bonds. The molecular weight excluding hydrogens is 510 g/mol. The third-order valence-corrected chi connectivity index (χ3v) is 8.38. The third-order valence-electron chi connectivity index (χ3n) is 6.54. The molecule has 0 bridgehead atoms. The van der Waals surface area contributed by atoms with Gasteiger partial charge in [0.1, 0.15) is 4.61 Å². The number of pyridine rings is 1. The van der Waals surface area contributed by atoms with Crippen molar-refractivity contribution in [3.8, 4) is 0 Å². The van der Waals surface area contributed by atoms with Crippen molar-refractivity contribution in [1.82, 2.24) is 19.7 Å². The second kappa shape index (κ2) is 11.0. The Morgan fingerprint density at radius 1 is 1.26 bits per heavy atom. The molecule has 1 spiro atoms. The molecule has 0 aromatic carbocycles. The van der Waals surface area contributed by atoms with E-state index in [0.29, 0.717) is 5.41 Å². The molecule has 3 N–H and O–H groups in total. The number of hydrogen-bond donors (Lipinski definition) is 2. The molecular formula is C26H38BrN5OS. The Morgan fingerprint density at radius 2 is 1.91 bits per heavy atom. The van der Waals surface area contributed by atoms with Crippen LogP contribution in [0.1, 0.15) is 70.0 Å². The van der Waals surface area contributed by atoms with Crippen LogP contribution < -0.4 is 5.14 Å². The van der Waals surface area contributed by atoms with Crippen LogP contribution in [0.25, 0.3) is 10.3 Å². The summed E-state index contributed by atoms with van der Waals surface area (Å²) in [6, 6.07) is 4.28. The zero-order valence-electron chi connectivity index (χ0n) is 21.1. The summed E-state index contributed by atoms with van der Waals surface area (Å²) in [6.45, 7) is 16.6. The van der Waals surface area contributed by atoms with E-state index in [2.05, 4.69) is 64.3 Å². The van der Waals surface area contributed by atoms with E-state index in [0.717, 1.165) is 65.9 Å². The molecule has 6 nitrogen and oxygen atoms in total. The molecule has 3 heterocycles. The van der Waals surface area contributed by atoms with Crippen molar-refractivity contribution in [3.63, 3.8) is 0 Å². The Labute approximate surface area is 217 Å². The predicted octanol–water partition coefficient (Wildman–Crippen LogP) is 5.62. The lowest BCUT2D eigenvalue weighted by atomic mass is 9.76. The molecule has 2 aliphatic rings. The lowest BCUT2D eigenvalue weighted by Gasteiger charge is -2.41. The number of aliphatic hydroxyl groups is 1. The van der Waals surface area contributed by atoms with Crippen LogP contribution >= 0.6 is 27.9 Å². The summed E-state index contributed by atoms with van der Waals surface area (Å²) in [4.78, 5) is 6.94. The minimum atomic E-state index is -0.0455. The molecule has 0 radical (unpaired) electrons. The number of allylic oxidation sites excluding steroid dienone is 1. The largest absolute Gasteiger partial charge is 0.392 e. The molecule has 2 aromatic heterocycles. The van der Waals surface area contributed by atoms with Crippen LogP contribution in [0.5, 0.6) is 0 Å². The number of rotatable bonds is 4. The summed E-state index contributed by atoms with van der Waals surface area (Å²) >= 11 is 5.02. The molecule has 34 heavy (non-hydrogen) atoms. The number of likely N-dealkylation sites (tertiary alicyclic amines) is 1. The minimum absolute atomic E-state index is 0.0455. The van der Waals surface area contributed by atoms with E-state index in [4.69, 9.17) is 5.14 Å². The number of fused-ring (bicyclic) bond motifs is 1. The van der Waals surface area contributed by atoms with E-state index in [9.17, 15) is 5.11 Å². The fraction of sp³-hybridized carbons (Fsp3) is 0.538. The van der Waals surface area contributed by atoms with Gasteiger partial charge in [0.25, 0.3) is 0 Å². The molecule has 2 aromatic rings. The van der Waals surface area contributed by atoms with Crippen molar-refractivity contribution in [3.05, 3.63) is 59.2 Å². The van der Waals surface area contributed by atoms with E-state index in [1.54, 1.807) is 6.20 Å². The Hall–Kier alpha value is -1.61. The van der Waals surface area contributed by atoms with Crippen LogP contribution in [0.2, 0.25) is 0 Å². The quantitative estimate of drug-likeness (QED) is 0.483. The normalized spacial score (nSPS) is 16.6. The van der Waals surface area contributed by atoms with Crippen LogP contribution in [0, 0.1) is 5.41 Å². The van der Waals surface area contributed by atoms with Crippen molar-refractivity contribution >= 4 is 38.2 Å². The molecule has 0 unspecified atom stereocenters. The second-order valence-corrected chi connectivity index (χ2v) is 12.7. The average Bonchev–Trinajstić information content (AvgIpc) is 3.39. The van der Waals surface area contributed by atoms with Crippen molar-refractivity contribution in [1.29, 1.82) is 0 Å². The van der Waals surface area contributed by atoms with Crippen LogP contribution in [-0.2, 0) is 19.4 Å². The topological polar surface area (TPSA) is 80.2 Å². The highest BCUT2D eigenvalue weighted by Gasteiger charge is 2.41. The molecule has 1 fully saturated rings. The van der Waals surface area contributed by atoms with E-state index in [1.807, 2.05) is 30.8 Å². The molecule has 1 aliphatic heterocycles. The number of aromatic nitrogens is 3. The first-order chi connectivity index (χ1) is 16.0. The molecule has 1 saturated heterocycles.